The van der Waals surface area contributed by atoms with Gasteiger partial charge in [-0.15, -0.1) is 11.8 Å². The molecule has 0 fully saturated rings. The van der Waals surface area contributed by atoms with E-state index in [1.54, 1.807) is 13.8 Å². The maximum atomic E-state index is 11.6. The summed E-state index contributed by atoms with van der Waals surface area (Å²) in [6.07, 6.45) is 1.85. The van der Waals surface area contributed by atoms with Crippen LogP contribution in [0.4, 0.5) is 0 Å². The average molecular weight is 241 g/mol. The zero-order valence-electron chi connectivity index (χ0n) is 9.84. The predicted molar refractivity (Wildman–Crippen MR) is 63.3 cm³/mol. The fourth-order valence-electron chi connectivity index (χ4n) is 1.55. The quantitative estimate of drug-likeness (QED) is 0.499. The van der Waals surface area contributed by atoms with Gasteiger partial charge < -0.3 is 9.72 Å². The van der Waals surface area contributed by atoms with Crippen molar-refractivity contribution in [2.45, 2.75) is 25.8 Å². The Hall–Kier alpha value is -1.23. The predicted octanol–water partition coefficient (Wildman–Crippen LogP) is 2.42. The van der Waals surface area contributed by atoms with Crippen LogP contribution >= 0.6 is 11.8 Å². The van der Waals surface area contributed by atoms with Gasteiger partial charge in [0.2, 0.25) is 0 Å². The van der Waals surface area contributed by atoms with Crippen molar-refractivity contribution in [3.8, 4) is 0 Å². The van der Waals surface area contributed by atoms with Gasteiger partial charge in [-0.1, -0.05) is 0 Å². The standard InChI is InChI=1S/C11H15NO3S/c1-5-15-11(14)9-6(2)8(7(3)13)10(12-9)16-4/h12H,5H2,1-4H3. The van der Waals surface area contributed by atoms with Crippen molar-refractivity contribution in [3.05, 3.63) is 16.8 Å². The van der Waals surface area contributed by atoms with Gasteiger partial charge in [0.1, 0.15) is 5.69 Å². The lowest BCUT2D eigenvalue weighted by Crippen LogP contribution is -2.07. The fourth-order valence-corrected chi connectivity index (χ4v) is 2.25. The summed E-state index contributed by atoms with van der Waals surface area (Å²) >= 11 is 1.41. The fraction of sp³-hybridized carbons (Fsp3) is 0.455. The molecule has 1 heterocycles. The molecule has 0 amide bonds. The molecule has 1 rings (SSSR count). The van der Waals surface area contributed by atoms with Gasteiger partial charge >= 0.3 is 5.97 Å². The van der Waals surface area contributed by atoms with Gasteiger partial charge in [-0.25, -0.2) is 4.79 Å². The maximum Gasteiger partial charge on any atom is 0.355 e. The molecule has 0 radical (unpaired) electrons. The molecule has 1 N–H and O–H groups in total. The Morgan fingerprint density at radius 1 is 1.44 bits per heavy atom. The molecule has 0 aromatic carbocycles. The van der Waals surface area contributed by atoms with Gasteiger partial charge in [0.15, 0.2) is 5.78 Å². The number of carbonyl (C=O) groups is 2. The number of thioether (sulfide) groups is 1. The van der Waals surface area contributed by atoms with Gasteiger partial charge in [0, 0.05) is 0 Å². The van der Waals surface area contributed by atoms with Crippen LogP contribution < -0.4 is 0 Å². The minimum absolute atomic E-state index is 0.0475. The number of Topliss-reactive ketones (excluding diaryl/α,β-unsaturated/α-hetero) is 1. The Balaban J connectivity index is 3.23. The molecule has 0 aliphatic heterocycles. The summed E-state index contributed by atoms with van der Waals surface area (Å²) < 4.78 is 4.91. The highest BCUT2D eigenvalue weighted by molar-refractivity contribution is 7.98. The smallest absolute Gasteiger partial charge is 0.355 e. The van der Waals surface area contributed by atoms with Crippen molar-refractivity contribution in [1.82, 2.24) is 4.98 Å². The molecule has 0 unspecified atom stereocenters. The summed E-state index contributed by atoms with van der Waals surface area (Å²) in [4.78, 5) is 26.0. The summed E-state index contributed by atoms with van der Waals surface area (Å²) in [6.45, 7) is 5.31. The molecule has 0 saturated carbocycles. The van der Waals surface area contributed by atoms with Crippen LogP contribution in [0.1, 0.15) is 40.3 Å². The highest BCUT2D eigenvalue weighted by Gasteiger charge is 2.21. The number of hydrogen-bond donors (Lipinski definition) is 1. The number of ketones is 1. The van der Waals surface area contributed by atoms with E-state index >= 15 is 0 Å². The minimum Gasteiger partial charge on any atom is -0.461 e. The summed E-state index contributed by atoms with van der Waals surface area (Å²) in [5, 5.41) is 0.716. The van der Waals surface area contributed by atoms with Crippen LogP contribution in [-0.2, 0) is 4.74 Å². The van der Waals surface area contributed by atoms with Gasteiger partial charge in [-0.2, -0.15) is 0 Å². The average Bonchev–Trinajstić information content (AvgIpc) is 2.55. The molecular weight excluding hydrogens is 226 g/mol. The van der Waals surface area contributed by atoms with Crippen LogP contribution in [0.3, 0.4) is 0 Å². The third kappa shape index (κ3) is 2.29. The Morgan fingerprint density at radius 3 is 2.44 bits per heavy atom. The summed E-state index contributed by atoms with van der Waals surface area (Å²) in [5.74, 6) is -0.462. The van der Waals surface area contributed by atoms with Crippen molar-refractivity contribution >= 4 is 23.5 Å². The maximum absolute atomic E-state index is 11.6. The summed E-state index contributed by atoms with van der Waals surface area (Å²) in [7, 11) is 0. The van der Waals surface area contributed by atoms with Crippen molar-refractivity contribution in [2.24, 2.45) is 0 Å². The number of hydrogen-bond acceptors (Lipinski definition) is 4. The van der Waals surface area contributed by atoms with E-state index in [1.807, 2.05) is 6.26 Å². The van der Waals surface area contributed by atoms with E-state index in [0.29, 0.717) is 28.5 Å². The first-order valence-electron chi connectivity index (χ1n) is 4.97. The lowest BCUT2D eigenvalue weighted by atomic mass is 10.1. The zero-order chi connectivity index (χ0) is 12.3. The zero-order valence-corrected chi connectivity index (χ0v) is 10.7. The lowest BCUT2D eigenvalue weighted by molar-refractivity contribution is 0.0519. The molecule has 0 atom stereocenters. The number of nitrogens with one attached hydrogen (secondary N) is 1. The van der Waals surface area contributed by atoms with Crippen LogP contribution in [0.5, 0.6) is 0 Å². The molecule has 1 aromatic heterocycles. The Morgan fingerprint density at radius 2 is 2.06 bits per heavy atom. The summed E-state index contributed by atoms with van der Waals surface area (Å²) in [6, 6.07) is 0. The first-order valence-corrected chi connectivity index (χ1v) is 6.20. The lowest BCUT2D eigenvalue weighted by Gasteiger charge is -2.00. The number of H-pyrrole nitrogens is 1. The Kier molecular flexibility index (Phi) is 4.18. The highest BCUT2D eigenvalue weighted by atomic mass is 32.2. The van der Waals surface area contributed by atoms with Gasteiger partial charge in [0.25, 0.3) is 0 Å². The Bertz CT molecular complexity index is 423. The minimum atomic E-state index is -0.414. The third-order valence-corrected chi connectivity index (χ3v) is 2.97. The van der Waals surface area contributed by atoms with Crippen molar-refractivity contribution in [1.29, 1.82) is 0 Å². The third-order valence-electron chi connectivity index (χ3n) is 2.25. The van der Waals surface area contributed by atoms with E-state index in [1.165, 1.54) is 18.7 Å². The number of esters is 1. The first-order chi connectivity index (χ1) is 7.52. The number of aromatic amines is 1. The van der Waals surface area contributed by atoms with Crippen molar-refractivity contribution in [2.75, 3.05) is 12.9 Å². The monoisotopic (exact) mass is 241 g/mol. The van der Waals surface area contributed by atoms with E-state index in [-0.39, 0.29) is 5.78 Å². The van der Waals surface area contributed by atoms with Gasteiger partial charge in [-0.3, -0.25) is 4.79 Å². The molecule has 0 bridgehead atoms. The number of rotatable bonds is 4. The first kappa shape index (κ1) is 12.8. The van der Waals surface area contributed by atoms with E-state index in [2.05, 4.69) is 4.98 Å². The number of carbonyl (C=O) groups excluding carboxylic acids is 2. The van der Waals surface area contributed by atoms with Gasteiger partial charge in [0.05, 0.1) is 17.2 Å². The van der Waals surface area contributed by atoms with Crippen molar-refractivity contribution < 1.29 is 14.3 Å². The molecule has 0 saturated heterocycles. The molecule has 0 spiro atoms. The van der Waals surface area contributed by atoms with E-state index < -0.39 is 5.97 Å². The molecule has 5 heteroatoms. The topological polar surface area (TPSA) is 59.2 Å². The van der Waals surface area contributed by atoms with Crippen LogP contribution in [-0.4, -0.2) is 29.6 Å². The molecule has 0 aliphatic carbocycles. The molecule has 1 aromatic rings. The van der Waals surface area contributed by atoms with Crippen LogP contribution in [0.2, 0.25) is 0 Å². The highest BCUT2D eigenvalue weighted by Crippen LogP contribution is 2.26. The molecule has 88 valence electrons. The molecule has 4 nitrogen and oxygen atoms in total. The largest absolute Gasteiger partial charge is 0.461 e. The SMILES string of the molecule is CCOC(=O)c1[nH]c(SC)c(C(C)=O)c1C. The van der Waals surface area contributed by atoms with E-state index in [0.717, 1.165) is 0 Å². The second-order valence-electron chi connectivity index (χ2n) is 3.31. The number of ether oxygens (including phenoxy) is 1. The van der Waals surface area contributed by atoms with Gasteiger partial charge in [-0.05, 0) is 32.6 Å². The second kappa shape index (κ2) is 5.21. The van der Waals surface area contributed by atoms with Crippen molar-refractivity contribution in [3.63, 3.8) is 0 Å². The second-order valence-corrected chi connectivity index (χ2v) is 4.13. The van der Waals surface area contributed by atoms with Crippen LogP contribution in [0.15, 0.2) is 5.03 Å². The molecule has 16 heavy (non-hydrogen) atoms. The van der Waals surface area contributed by atoms with Crippen LogP contribution in [0.25, 0.3) is 0 Å². The Labute approximate surface area is 98.8 Å². The van der Waals surface area contributed by atoms with E-state index in [9.17, 15) is 9.59 Å². The number of aromatic nitrogens is 1. The summed E-state index contributed by atoms with van der Waals surface area (Å²) in [5.41, 5.74) is 1.61. The normalized spacial score (nSPS) is 10.2. The van der Waals surface area contributed by atoms with Crippen LogP contribution in [0, 0.1) is 6.92 Å². The molecular formula is C11H15NO3S. The van der Waals surface area contributed by atoms with E-state index in [4.69, 9.17) is 4.74 Å². The molecule has 0 aliphatic rings.